The van der Waals surface area contributed by atoms with E-state index in [9.17, 15) is 4.79 Å². The van der Waals surface area contributed by atoms with E-state index < -0.39 is 0 Å². The first-order chi connectivity index (χ1) is 15.6. The maximum absolute atomic E-state index is 13.6. The Labute approximate surface area is 193 Å². The van der Waals surface area contributed by atoms with Gasteiger partial charge in [-0.05, 0) is 37.4 Å². The lowest BCUT2D eigenvalue weighted by Gasteiger charge is -2.43. The van der Waals surface area contributed by atoms with E-state index in [-0.39, 0.29) is 12.0 Å². The number of carbonyl (C=O) groups excluding carboxylic acids is 1. The number of aryl methyl sites for hydroxylation is 1. The van der Waals surface area contributed by atoms with Gasteiger partial charge in [0.05, 0.1) is 12.5 Å². The molecule has 0 saturated carbocycles. The Morgan fingerprint density at radius 1 is 0.906 bits per heavy atom. The summed E-state index contributed by atoms with van der Waals surface area (Å²) in [6.45, 7) is 9.11. The first-order valence-electron chi connectivity index (χ1n) is 12.0. The van der Waals surface area contributed by atoms with Crippen molar-refractivity contribution < 1.29 is 9.53 Å². The van der Waals surface area contributed by atoms with Crippen LogP contribution in [0.25, 0.3) is 0 Å². The minimum absolute atomic E-state index is 0.0241. The monoisotopic (exact) mass is 435 g/mol. The minimum Gasteiger partial charge on any atom is -0.383 e. The van der Waals surface area contributed by atoms with Crippen molar-refractivity contribution in [2.75, 3.05) is 46.4 Å². The second-order valence-corrected chi connectivity index (χ2v) is 9.31. The lowest BCUT2D eigenvalue weighted by atomic mass is 9.87. The third-order valence-corrected chi connectivity index (χ3v) is 6.99. The predicted molar refractivity (Wildman–Crippen MR) is 128 cm³/mol. The molecule has 2 heterocycles. The van der Waals surface area contributed by atoms with E-state index in [1.54, 1.807) is 7.11 Å². The zero-order chi connectivity index (χ0) is 22.3. The highest BCUT2D eigenvalue weighted by Crippen LogP contribution is 2.28. The predicted octanol–water partition coefficient (Wildman–Crippen LogP) is 3.57. The summed E-state index contributed by atoms with van der Waals surface area (Å²) in [6.07, 6.45) is 2.03. The smallest absolute Gasteiger partial charge is 0.227 e. The molecule has 0 bridgehead atoms. The number of hydrogen-bond donors (Lipinski definition) is 0. The van der Waals surface area contributed by atoms with Crippen LogP contribution in [0.4, 0.5) is 0 Å². The fraction of sp³-hybridized carbons (Fsp3) is 0.519. The Bertz CT molecular complexity index is 847. The molecule has 2 fully saturated rings. The first kappa shape index (κ1) is 23.0. The number of benzene rings is 2. The number of piperazine rings is 1. The van der Waals surface area contributed by atoms with Gasteiger partial charge in [0.15, 0.2) is 0 Å². The lowest BCUT2D eigenvalue weighted by Crippen LogP contribution is -2.56. The molecule has 0 spiro atoms. The molecule has 2 aliphatic rings. The number of piperidine rings is 1. The molecule has 32 heavy (non-hydrogen) atoms. The van der Waals surface area contributed by atoms with E-state index in [0.29, 0.717) is 12.5 Å². The number of carbonyl (C=O) groups is 1. The van der Waals surface area contributed by atoms with E-state index in [2.05, 4.69) is 76.2 Å². The second kappa shape index (κ2) is 11.1. The molecular formula is C27H37N3O2. The van der Waals surface area contributed by atoms with Crippen LogP contribution in [-0.4, -0.2) is 73.1 Å². The summed E-state index contributed by atoms with van der Waals surface area (Å²) in [5.41, 5.74) is 3.94. The highest BCUT2D eigenvalue weighted by atomic mass is 16.5. The van der Waals surface area contributed by atoms with Gasteiger partial charge in [0.25, 0.3) is 0 Å². The largest absolute Gasteiger partial charge is 0.383 e. The molecule has 0 N–H and O–H groups in total. The fourth-order valence-corrected chi connectivity index (χ4v) is 5.13. The number of ether oxygens (including phenoxy) is 1. The van der Waals surface area contributed by atoms with Crippen LogP contribution in [0.5, 0.6) is 0 Å². The van der Waals surface area contributed by atoms with Gasteiger partial charge in [-0.25, -0.2) is 0 Å². The van der Waals surface area contributed by atoms with Crippen molar-refractivity contribution in [2.24, 2.45) is 5.92 Å². The molecule has 5 heteroatoms. The van der Waals surface area contributed by atoms with Gasteiger partial charge in [0, 0.05) is 52.4 Å². The lowest BCUT2D eigenvalue weighted by molar-refractivity contribution is -0.143. The number of likely N-dealkylation sites (tertiary alicyclic amines) is 1. The van der Waals surface area contributed by atoms with Crippen molar-refractivity contribution in [1.29, 1.82) is 0 Å². The van der Waals surface area contributed by atoms with E-state index >= 15 is 0 Å². The van der Waals surface area contributed by atoms with E-state index in [4.69, 9.17) is 4.74 Å². The molecule has 2 aromatic carbocycles. The second-order valence-electron chi connectivity index (χ2n) is 9.31. The number of hydrogen-bond acceptors (Lipinski definition) is 4. The van der Waals surface area contributed by atoms with Crippen LogP contribution in [0, 0.1) is 12.8 Å². The topological polar surface area (TPSA) is 36.0 Å². The summed E-state index contributed by atoms with van der Waals surface area (Å²) in [6, 6.07) is 19.5. The Hall–Kier alpha value is -2.21. The fourth-order valence-electron chi connectivity index (χ4n) is 5.13. The Morgan fingerprint density at radius 2 is 1.59 bits per heavy atom. The number of amides is 1. The molecule has 0 radical (unpaired) electrons. The average molecular weight is 436 g/mol. The van der Waals surface area contributed by atoms with Crippen LogP contribution < -0.4 is 0 Å². The molecule has 1 amide bonds. The molecule has 2 atom stereocenters. The highest BCUT2D eigenvalue weighted by molar-refractivity contribution is 5.80. The zero-order valence-corrected chi connectivity index (χ0v) is 19.6. The van der Waals surface area contributed by atoms with Gasteiger partial charge in [-0.1, -0.05) is 60.2 Å². The Balaban J connectivity index is 1.35. The summed E-state index contributed by atoms with van der Waals surface area (Å²) in [5.74, 6) is 0.343. The maximum Gasteiger partial charge on any atom is 0.227 e. The number of methoxy groups -OCH3 is 1. The summed E-state index contributed by atoms with van der Waals surface area (Å²) >= 11 is 0. The summed E-state index contributed by atoms with van der Waals surface area (Å²) in [7, 11) is 1.75. The molecule has 2 saturated heterocycles. The van der Waals surface area contributed by atoms with E-state index in [1.165, 1.54) is 16.7 Å². The van der Waals surface area contributed by atoms with Gasteiger partial charge in [0.1, 0.15) is 0 Å². The van der Waals surface area contributed by atoms with E-state index in [1.807, 2.05) is 0 Å². The SMILES string of the molecule is COC[C@@H]1[C@H](C(=O)N2CCN(Cc3ccc(C)cc3)CC2)CCCN1Cc1ccccc1. The van der Waals surface area contributed by atoms with Crippen LogP contribution in [0.1, 0.15) is 29.5 Å². The molecule has 5 nitrogen and oxygen atoms in total. The van der Waals surface area contributed by atoms with Gasteiger partial charge in [-0.15, -0.1) is 0 Å². The van der Waals surface area contributed by atoms with Crippen molar-refractivity contribution in [3.05, 3.63) is 71.3 Å². The Morgan fingerprint density at radius 3 is 2.28 bits per heavy atom. The summed E-state index contributed by atoms with van der Waals surface area (Å²) in [4.78, 5) is 20.6. The standard InChI is InChI=1S/C27H37N3O2/c1-22-10-12-24(13-11-22)19-28-15-17-29(18-16-28)27(31)25-9-6-14-30(26(25)21-32-2)20-23-7-4-3-5-8-23/h3-5,7-8,10-13,25-26H,6,9,14-21H2,1-2H3/t25-,26-/m1/s1. The molecule has 2 aliphatic heterocycles. The third kappa shape index (κ3) is 5.77. The maximum atomic E-state index is 13.6. The zero-order valence-electron chi connectivity index (χ0n) is 19.6. The molecule has 0 aliphatic carbocycles. The quantitative estimate of drug-likeness (QED) is 0.666. The molecule has 2 aromatic rings. The first-order valence-corrected chi connectivity index (χ1v) is 12.0. The summed E-state index contributed by atoms with van der Waals surface area (Å²) in [5, 5.41) is 0. The van der Waals surface area contributed by atoms with Crippen LogP contribution in [0.2, 0.25) is 0 Å². The number of nitrogens with zero attached hydrogens (tertiary/aromatic N) is 3. The van der Waals surface area contributed by atoms with Gasteiger partial charge in [-0.3, -0.25) is 14.6 Å². The summed E-state index contributed by atoms with van der Waals surface area (Å²) < 4.78 is 5.59. The molecule has 4 rings (SSSR count). The molecule has 0 aromatic heterocycles. The van der Waals surface area contributed by atoms with Crippen LogP contribution >= 0.6 is 0 Å². The van der Waals surface area contributed by atoms with Crippen molar-refractivity contribution in [2.45, 2.75) is 38.9 Å². The normalized spacial score (nSPS) is 22.8. The molecule has 172 valence electrons. The number of rotatable bonds is 7. The van der Waals surface area contributed by atoms with Crippen LogP contribution in [0.15, 0.2) is 54.6 Å². The average Bonchev–Trinajstić information content (AvgIpc) is 2.82. The van der Waals surface area contributed by atoms with Crippen molar-refractivity contribution >= 4 is 5.91 Å². The molecular weight excluding hydrogens is 398 g/mol. The highest BCUT2D eigenvalue weighted by Gasteiger charge is 2.38. The van der Waals surface area contributed by atoms with Gasteiger partial charge in [0.2, 0.25) is 5.91 Å². The van der Waals surface area contributed by atoms with Crippen LogP contribution in [0.3, 0.4) is 0 Å². The van der Waals surface area contributed by atoms with Gasteiger partial charge in [-0.2, -0.15) is 0 Å². The van der Waals surface area contributed by atoms with Crippen molar-refractivity contribution in [3.8, 4) is 0 Å². The van der Waals surface area contributed by atoms with Crippen molar-refractivity contribution in [1.82, 2.24) is 14.7 Å². The van der Waals surface area contributed by atoms with Crippen molar-refractivity contribution in [3.63, 3.8) is 0 Å². The minimum atomic E-state index is 0.0241. The molecule has 0 unspecified atom stereocenters. The Kier molecular flexibility index (Phi) is 7.95. The van der Waals surface area contributed by atoms with Gasteiger partial charge >= 0.3 is 0 Å². The third-order valence-electron chi connectivity index (χ3n) is 6.99. The van der Waals surface area contributed by atoms with Gasteiger partial charge < -0.3 is 9.64 Å². The van der Waals surface area contributed by atoms with Crippen LogP contribution in [-0.2, 0) is 22.6 Å². The van der Waals surface area contributed by atoms with E-state index in [0.717, 1.165) is 58.7 Å².